The minimum Gasteiger partial charge on any atom is -0.330 e. The average molecular weight is 378 g/mol. The number of nitrogens with two attached hydrogens (primary N) is 1. The fraction of sp³-hybridized carbons (Fsp3) is 0.636. The summed E-state index contributed by atoms with van der Waals surface area (Å²) < 4.78 is 26.0. The molecule has 1 aromatic rings. The van der Waals surface area contributed by atoms with Gasteiger partial charge in [0.15, 0.2) is 9.84 Å². The van der Waals surface area contributed by atoms with Crippen LogP contribution in [0.15, 0.2) is 29.7 Å². The number of benzene rings is 1. The molecule has 3 nitrogen and oxygen atoms in total. The fourth-order valence-electron chi connectivity index (χ4n) is 4.75. The third-order valence-electron chi connectivity index (χ3n) is 6.09. The van der Waals surface area contributed by atoms with E-state index in [0.29, 0.717) is 12.5 Å². The lowest BCUT2D eigenvalue weighted by molar-refractivity contribution is 0.0833. The van der Waals surface area contributed by atoms with Crippen molar-refractivity contribution >= 4 is 15.9 Å². The van der Waals surface area contributed by atoms with Gasteiger partial charge in [0.25, 0.3) is 0 Å². The Morgan fingerprint density at radius 2 is 2.08 bits per heavy atom. The summed E-state index contributed by atoms with van der Waals surface area (Å²) in [5.74, 6) is 0.637. The first-order chi connectivity index (χ1) is 12.2. The molecule has 3 unspecified atom stereocenters. The molecule has 1 saturated carbocycles. The van der Waals surface area contributed by atoms with Gasteiger partial charge in [-0.2, -0.15) is 0 Å². The Bertz CT molecular complexity index is 721. The van der Waals surface area contributed by atoms with Crippen molar-refractivity contribution in [1.29, 1.82) is 0 Å². The molecule has 4 heteroatoms. The molecule has 0 heterocycles. The van der Waals surface area contributed by atoms with E-state index in [1.54, 1.807) is 6.08 Å². The van der Waals surface area contributed by atoms with Crippen LogP contribution < -0.4 is 5.73 Å². The normalized spacial score (nSPS) is 24.7. The fourth-order valence-corrected chi connectivity index (χ4v) is 6.39. The highest BCUT2D eigenvalue weighted by molar-refractivity contribution is 7.95. The first-order valence-electron chi connectivity index (χ1n) is 9.88. The van der Waals surface area contributed by atoms with Crippen LogP contribution in [0.4, 0.5) is 0 Å². The summed E-state index contributed by atoms with van der Waals surface area (Å²) in [5, 5.41) is 1.07. The third kappa shape index (κ3) is 5.20. The van der Waals surface area contributed by atoms with Crippen LogP contribution in [-0.2, 0) is 16.3 Å². The molecular formula is C22H35NO2S. The highest BCUT2D eigenvalue weighted by Crippen LogP contribution is 2.47. The summed E-state index contributed by atoms with van der Waals surface area (Å²) >= 11 is 0. The van der Waals surface area contributed by atoms with Crippen molar-refractivity contribution in [2.24, 2.45) is 23.0 Å². The molecule has 0 aromatic heterocycles. The quantitative estimate of drug-likeness (QED) is 0.741. The van der Waals surface area contributed by atoms with Gasteiger partial charge in [-0.3, -0.25) is 0 Å². The van der Waals surface area contributed by atoms with Crippen LogP contribution in [0.2, 0.25) is 0 Å². The molecule has 0 radical (unpaired) electrons. The zero-order chi connectivity index (χ0) is 19.4. The maximum absolute atomic E-state index is 13.0. The smallest absolute Gasteiger partial charge is 0.174 e. The van der Waals surface area contributed by atoms with Gasteiger partial charge in [0.2, 0.25) is 0 Å². The second kappa shape index (κ2) is 8.71. The SMILES string of the molecule is CC1CCCC(C)(C)C1C(C)S(=O)(=O)C=Cc1cccc(CCCN)c1. The number of hydrogen-bond donors (Lipinski definition) is 1. The summed E-state index contributed by atoms with van der Waals surface area (Å²) in [6, 6.07) is 8.06. The third-order valence-corrected chi connectivity index (χ3v) is 7.94. The summed E-state index contributed by atoms with van der Waals surface area (Å²) in [4.78, 5) is 0. The number of rotatable bonds is 7. The lowest BCUT2D eigenvalue weighted by Crippen LogP contribution is -2.43. The van der Waals surface area contributed by atoms with E-state index in [-0.39, 0.29) is 16.6 Å². The van der Waals surface area contributed by atoms with Crippen molar-refractivity contribution in [2.75, 3.05) is 6.54 Å². The van der Waals surface area contributed by atoms with E-state index in [1.807, 2.05) is 19.1 Å². The summed E-state index contributed by atoms with van der Waals surface area (Å²) in [6.45, 7) is 9.23. The van der Waals surface area contributed by atoms with Gasteiger partial charge in [-0.1, -0.05) is 57.9 Å². The number of sulfone groups is 1. The van der Waals surface area contributed by atoms with Crippen LogP contribution in [0.1, 0.15) is 64.5 Å². The van der Waals surface area contributed by atoms with Crippen molar-refractivity contribution in [2.45, 2.75) is 65.0 Å². The van der Waals surface area contributed by atoms with Crippen molar-refractivity contribution < 1.29 is 8.42 Å². The zero-order valence-electron chi connectivity index (χ0n) is 16.7. The molecule has 0 bridgehead atoms. The topological polar surface area (TPSA) is 60.2 Å². The summed E-state index contributed by atoms with van der Waals surface area (Å²) in [6.07, 6.45) is 7.04. The Balaban J connectivity index is 2.18. The van der Waals surface area contributed by atoms with Gasteiger partial charge in [-0.05, 0) is 67.2 Å². The predicted octanol–water partition coefficient (Wildman–Crippen LogP) is 4.81. The van der Waals surface area contributed by atoms with Crippen molar-refractivity contribution in [3.63, 3.8) is 0 Å². The maximum atomic E-state index is 13.0. The monoisotopic (exact) mass is 377 g/mol. The van der Waals surface area contributed by atoms with Crippen LogP contribution in [0.25, 0.3) is 6.08 Å². The van der Waals surface area contributed by atoms with Crippen LogP contribution in [0.5, 0.6) is 0 Å². The molecule has 1 aromatic carbocycles. The van der Waals surface area contributed by atoms with Gasteiger partial charge >= 0.3 is 0 Å². The van der Waals surface area contributed by atoms with Gasteiger partial charge in [0, 0.05) is 5.41 Å². The van der Waals surface area contributed by atoms with Crippen LogP contribution in [0.3, 0.4) is 0 Å². The Hall–Kier alpha value is -1.13. The molecule has 146 valence electrons. The van der Waals surface area contributed by atoms with Crippen LogP contribution >= 0.6 is 0 Å². The Labute approximate surface area is 160 Å². The van der Waals surface area contributed by atoms with Crippen LogP contribution in [-0.4, -0.2) is 20.2 Å². The van der Waals surface area contributed by atoms with Gasteiger partial charge in [0.1, 0.15) is 0 Å². The largest absolute Gasteiger partial charge is 0.330 e. The molecule has 0 spiro atoms. The lowest BCUT2D eigenvalue weighted by atomic mass is 9.63. The van der Waals surface area contributed by atoms with E-state index in [4.69, 9.17) is 5.73 Å². The zero-order valence-corrected chi connectivity index (χ0v) is 17.6. The second-order valence-corrected chi connectivity index (χ2v) is 10.8. The average Bonchev–Trinajstić information content (AvgIpc) is 2.57. The van der Waals surface area contributed by atoms with E-state index in [2.05, 4.69) is 32.9 Å². The molecular weight excluding hydrogens is 342 g/mol. The molecule has 3 atom stereocenters. The predicted molar refractivity (Wildman–Crippen MR) is 112 cm³/mol. The molecule has 1 aliphatic carbocycles. The minimum atomic E-state index is -3.29. The summed E-state index contributed by atoms with van der Waals surface area (Å²) in [7, 11) is -3.29. The maximum Gasteiger partial charge on any atom is 0.174 e. The number of aryl methyl sites for hydroxylation is 1. The summed E-state index contributed by atoms with van der Waals surface area (Å²) in [5.41, 5.74) is 7.78. The highest BCUT2D eigenvalue weighted by atomic mass is 32.2. The van der Waals surface area contributed by atoms with Gasteiger partial charge < -0.3 is 5.73 Å². The molecule has 0 amide bonds. The van der Waals surface area contributed by atoms with E-state index in [0.717, 1.165) is 31.2 Å². The van der Waals surface area contributed by atoms with Gasteiger partial charge in [0.05, 0.1) is 5.25 Å². The molecule has 2 N–H and O–H groups in total. The van der Waals surface area contributed by atoms with E-state index in [1.165, 1.54) is 17.4 Å². The van der Waals surface area contributed by atoms with E-state index >= 15 is 0 Å². The Morgan fingerprint density at radius 3 is 2.73 bits per heavy atom. The molecule has 2 rings (SSSR count). The van der Waals surface area contributed by atoms with Gasteiger partial charge in [-0.15, -0.1) is 0 Å². The molecule has 0 saturated heterocycles. The first kappa shape index (κ1) is 21.2. The second-order valence-electron chi connectivity index (χ2n) is 8.62. The minimum absolute atomic E-state index is 0.0696. The van der Waals surface area contributed by atoms with E-state index in [9.17, 15) is 8.42 Å². The molecule has 1 fully saturated rings. The Kier molecular flexibility index (Phi) is 7.09. The standard InChI is InChI=1S/C22H35NO2S/c1-17-8-6-13-22(3,4)21(17)18(2)26(24,25)15-12-20-10-5-9-19(16-20)11-7-14-23/h5,9-10,12,15-18,21H,6-8,11,13-14,23H2,1-4H3. The molecule has 1 aliphatic rings. The lowest BCUT2D eigenvalue weighted by Gasteiger charge is -2.45. The van der Waals surface area contributed by atoms with Crippen molar-refractivity contribution in [3.8, 4) is 0 Å². The van der Waals surface area contributed by atoms with Crippen LogP contribution in [0, 0.1) is 17.3 Å². The first-order valence-corrected chi connectivity index (χ1v) is 11.5. The Morgan fingerprint density at radius 1 is 1.35 bits per heavy atom. The highest BCUT2D eigenvalue weighted by Gasteiger charge is 2.43. The van der Waals surface area contributed by atoms with E-state index < -0.39 is 9.84 Å². The van der Waals surface area contributed by atoms with Crippen molar-refractivity contribution in [1.82, 2.24) is 0 Å². The molecule has 26 heavy (non-hydrogen) atoms. The van der Waals surface area contributed by atoms with Crippen molar-refractivity contribution in [3.05, 3.63) is 40.8 Å². The van der Waals surface area contributed by atoms with Gasteiger partial charge in [-0.25, -0.2) is 8.42 Å². The number of hydrogen-bond acceptors (Lipinski definition) is 3. The molecule has 0 aliphatic heterocycles.